The highest BCUT2D eigenvalue weighted by Gasteiger charge is 2.13. The van der Waals surface area contributed by atoms with E-state index in [1.807, 2.05) is 19.1 Å². The lowest BCUT2D eigenvalue weighted by Crippen LogP contribution is -2.09. The highest BCUT2D eigenvalue weighted by molar-refractivity contribution is 5.84. The third kappa shape index (κ3) is 3.04. The van der Waals surface area contributed by atoms with Crippen LogP contribution in [0.15, 0.2) is 51.7 Å². The van der Waals surface area contributed by atoms with Gasteiger partial charge in [0, 0.05) is 17.4 Å². The van der Waals surface area contributed by atoms with E-state index < -0.39 is 0 Å². The van der Waals surface area contributed by atoms with Crippen LogP contribution >= 0.6 is 0 Å². The largest absolute Gasteiger partial charge is 0.422 e. The van der Waals surface area contributed by atoms with Crippen molar-refractivity contribution in [3.05, 3.63) is 81.0 Å². The Kier molecular flexibility index (Phi) is 4.03. The van der Waals surface area contributed by atoms with Crippen LogP contribution in [0, 0.1) is 12.7 Å². The van der Waals surface area contributed by atoms with Crippen LogP contribution in [0.5, 0.6) is 0 Å². The molecule has 0 atom stereocenters. The van der Waals surface area contributed by atoms with Crippen LogP contribution in [0.3, 0.4) is 0 Å². The molecule has 0 fully saturated rings. The standard InChI is InChI=1S/C20H19FO2/c1-12(2)17-9-4-13(3)19-18(17)11-15(20(22)23-19)10-14-5-7-16(21)8-6-14/h4-9,11-12H,10H2,1-3H3. The second kappa shape index (κ2) is 5.99. The number of hydrogen-bond acceptors (Lipinski definition) is 2. The molecule has 0 aliphatic heterocycles. The van der Waals surface area contributed by atoms with Gasteiger partial charge < -0.3 is 4.42 Å². The summed E-state index contributed by atoms with van der Waals surface area (Å²) in [6.45, 7) is 6.18. The van der Waals surface area contributed by atoms with E-state index in [4.69, 9.17) is 4.42 Å². The minimum atomic E-state index is -0.328. The van der Waals surface area contributed by atoms with Crippen LogP contribution in [0.4, 0.5) is 4.39 Å². The van der Waals surface area contributed by atoms with Crippen molar-refractivity contribution in [2.45, 2.75) is 33.1 Å². The van der Waals surface area contributed by atoms with E-state index in [9.17, 15) is 9.18 Å². The highest BCUT2D eigenvalue weighted by atomic mass is 19.1. The Morgan fingerprint density at radius 3 is 2.43 bits per heavy atom. The van der Waals surface area contributed by atoms with Crippen molar-refractivity contribution in [2.24, 2.45) is 0 Å². The number of aryl methyl sites for hydroxylation is 1. The van der Waals surface area contributed by atoms with Crippen LogP contribution in [0.25, 0.3) is 11.0 Å². The fourth-order valence-corrected chi connectivity index (χ4v) is 2.85. The third-order valence-electron chi connectivity index (χ3n) is 4.13. The van der Waals surface area contributed by atoms with Crippen molar-refractivity contribution in [1.82, 2.24) is 0 Å². The fourth-order valence-electron chi connectivity index (χ4n) is 2.85. The molecule has 3 heteroatoms. The molecule has 0 amide bonds. The maximum atomic E-state index is 13.0. The maximum absolute atomic E-state index is 13.0. The predicted octanol–water partition coefficient (Wildman–Crippen LogP) is 4.95. The van der Waals surface area contributed by atoms with Gasteiger partial charge in [0.2, 0.25) is 0 Å². The molecule has 118 valence electrons. The summed E-state index contributed by atoms with van der Waals surface area (Å²) in [4.78, 5) is 12.3. The van der Waals surface area contributed by atoms with Gasteiger partial charge in [-0.2, -0.15) is 0 Å². The van der Waals surface area contributed by atoms with Crippen LogP contribution in [-0.4, -0.2) is 0 Å². The Morgan fingerprint density at radius 2 is 1.78 bits per heavy atom. The summed E-state index contributed by atoms with van der Waals surface area (Å²) in [5.74, 6) is 0.0569. The van der Waals surface area contributed by atoms with Crippen LogP contribution in [0.2, 0.25) is 0 Å². The van der Waals surface area contributed by atoms with Crippen LogP contribution in [-0.2, 0) is 6.42 Å². The van der Waals surface area contributed by atoms with Crippen molar-refractivity contribution < 1.29 is 8.81 Å². The minimum Gasteiger partial charge on any atom is -0.422 e. The van der Waals surface area contributed by atoms with Gasteiger partial charge in [0.05, 0.1) is 0 Å². The van der Waals surface area contributed by atoms with Gasteiger partial charge in [0.25, 0.3) is 0 Å². The van der Waals surface area contributed by atoms with E-state index in [0.717, 1.165) is 22.1 Å². The summed E-state index contributed by atoms with van der Waals surface area (Å²) in [5.41, 5.74) is 3.92. The van der Waals surface area contributed by atoms with E-state index in [0.29, 0.717) is 23.5 Å². The van der Waals surface area contributed by atoms with Crippen LogP contribution in [0.1, 0.15) is 42.0 Å². The molecular weight excluding hydrogens is 291 g/mol. The van der Waals surface area contributed by atoms with Crippen molar-refractivity contribution in [1.29, 1.82) is 0 Å². The molecule has 0 bridgehead atoms. The molecule has 0 aliphatic carbocycles. The average Bonchev–Trinajstić information content (AvgIpc) is 2.51. The molecule has 0 aliphatic rings. The summed E-state index contributed by atoms with van der Waals surface area (Å²) < 4.78 is 18.6. The number of rotatable bonds is 3. The highest BCUT2D eigenvalue weighted by Crippen LogP contribution is 2.28. The summed E-state index contributed by atoms with van der Waals surface area (Å²) >= 11 is 0. The first-order valence-electron chi connectivity index (χ1n) is 7.76. The first kappa shape index (κ1) is 15.5. The fraction of sp³-hybridized carbons (Fsp3) is 0.250. The second-order valence-corrected chi connectivity index (χ2v) is 6.23. The van der Waals surface area contributed by atoms with Crippen molar-refractivity contribution >= 4 is 11.0 Å². The SMILES string of the molecule is Cc1ccc(C(C)C)c2cc(Cc3ccc(F)cc3)c(=O)oc12. The monoisotopic (exact) mass is 310 g/mol. The Labute approximate surface area is 134 Å². The molecule has 1 heterocycles. The molecule has 0 radical (unpaired) electrons. The number of benzene rings is 2. The zero-order valence-corrected chi connectivity index (χ0v) is 13.5. The first-order valence-corrected chi connectivity index (χ1v) is 7.76. The lowest BCUT2D eigenvalue weighted by molar-refractivity contribution is 0.549. The van der Waals surface area contributed by atoms with Gasteiger partial charge in [-0.1, -0.05) is 38.1 Å². The van der Waals surface area contributed by atoms with Gasteiger partial charge in [-0.15, -0.1) is 0 Å². The lowest BCUT2D eigenvalue weighted by atomic mass is 9.95. The Hall–Kier alpha value is -2.42. The predicted molar refractivity (Wildman–Crippen MR) is 90.5 cm³/mol. The summed E-state index contributed by atoms with van der Waals surface area (Å²) in [6.07, 6.45) is 0.435. The maximum Gasteiger partial charge on any atom is 0.339 e. The molecule has 3 rings (SSSR count). The number of fused-ring (bicyclic) bond motifs is 1. The van der Waals surface area contributed by atoms with E-state index in [2.05, 4.69) is 19.9 Å². The third-order valence-corrected chi connectivity index (χ3v) is 4.13. The molecule has 3 aromatic rings. The Balaban J connectivity index is 2.14. The van der Waals surface area contributed by atoms with Gasteiger partial charge >= 0.3 is 5.63 Å². The molecule has 0 saturated heterocycles. The lowest BCUT2D eigenvalue weighted by Gasteiger charge is -2.12. The van der Waals surface area contributed by atoms with Gasteiger partial charge in [-0.3, -0.25) is 0 Å². The molecule has 2 aromatic carbocycles. The van der Waals surface area contributed by atoms with E-state index >= 15 is 0 Å². The molecule has 23 heavy (non-hydrogen) atoms. The molecule has 0 saturated carbocycles. The molecule has 0 unspecified atom stereocenters. The van der Waals surface area contributed by atoms with Crippen molar-refractivity contribution in [3.63, 3.8) is 0 Å². The minimum absolute atomic E-state index is 0.281. The quantitative estimate of drug-likeness (QED) is 0.640. The van der Waals surface area contributed by atoms with Gasteiger partial charge in [0.15, 0.2) is 0 Å². The first-order chi connectivity index (χ1) is 11.0. The normalized spacial score (nSPS) is 11.3. The molecular formula is C20H19FO2. The molecule has 0 N–H and O–H groups in total. The number of halogens is 1. The number of hydrogen-bond donors (Lipinski definition) is 0. The molecule has 2 nitrogen and oxygen atoms in total. The van der Waals surface area contributed by atoms with Gasteiger partial charge in [-0.25, -0.2) is 9.18 Å². The Morgan fingerprint density at radius 1 is 1.09 bits per heavy atom. The zero-order chi connectivity index (χ0) is 16.6. The summed E-state index contributed by atoms with van der Waals surface area (Å²) in [5, 5.41) is 0.983. The van der Waals surface area contributed by atoms with E-state index in [-0.39, 0.29) is 11.4 Å². The van der Waals surface area contributed by atoms with Gasteiger partial charge in [0.1, 0.15) is 11.4 Å². The molecule has 0 spiro atoms. The van der Waals surface area contributed by atoms with Crippen molar-refractivity contribution in [2.75, 3.05) is 0 Å². The van der Waals surface area contributed by atoms with E-state index in [1.54, 1.807) is 12.1 Å². The average molecular weight is 310 g/mol. The van der Waals surface area contributed by atoms with Crippen LogP contribution < -0.4 is 5.63 Å². The van der Waals surface area contributed by atoms with E-state index in [1.165, 1.54) is 12.1 Å². The summed E-state index contributed by atoms with van der Waals surface area (Å²) in [6, 6.07) is 12.2. The van der Waals surface area contributed by atoms with Gasteiger partial charge in [-0.05, 0) is 47.7 Å². The van der Waals surface area contributed by atoms with Crippen molar-refractivity contribution in [3.8, 4) is 0 Å². The summed E-state index contributed by atoms with van der Waals surface area (Å²) in [7, 11) is 0. The molecule has 1 aromatic heterocycles. The topological polar surface area (TPSA) is 30.2 Å². The smallest absolute Gasteiger partial charge is 0.339 e. The Bertz CT molecular complexity index is 905. The zero-order valence-electron chi connectivity index (χ0n) is 13.5. The second-order valence-electron chi connectivity index (χ2n) is 6.23.